The summed E-state index contributed by atoms with van der Waals surface area (Å²) in [4.78, 5) is 10.8. The smallest absolute Gasteiger partial charge is 0.305 e. The predicted molar refractivity (Wildman–Crippen MR) is 74.2 cm³/mol. The molecule has 1 aromatic heterocycles. The van der Waals surface area contributed by atoms with Gasteiger partial charge in [0.15, 0.2) is 5.82 Å². The third-order valence-electron chi connectivity index (χ3n) is 2.92. The average Bonchev–Trinajstić information content (AvgIpc) is 2.31. The number of aryl methyl sites for hydroxylation is 1. The molecule has 0 aliphatic rings. The van der Waals surface area contributed by atoms with E-state index in [4.69, 9.17) is 5.11 Å². The molecule has 0 fully saturated rings. The predicted octanol–water partition coefficient (Wildman–Crippen LogP) is 2.60. The summed E-state index contributed by atoms with van der Waals surface area (Å²) in [5, 5.41) is 22.3. The molecule has 19 heavy (non-hydrogen) atoms. The molecule has 0 amide bonds. The minimum Gasteiger partial charge on any atom is -0.481 e. The SMILES string of the molecule is Cc1nnc(NC(C)(C)CC(=O)O)c2ccccc12. The average molecular weight is 259 g/mol. The molecule has 0 unspecified atom stereocenters. The molecule has 0 saturated heterocycles. The van der Waals surface area contributed by atoms with Crippen molar-refractivity contribution in [3.8, 4) is 0 Å². The van der Waals surface area contributed by atoms with Gasteiger partial charge in [-0.1, -0.05) is 24.3 Å². The lowest BCUT2D eigenvalue weighted by Crippen LogP contribution is -2.34. The number of hydrogen-bond acceptors (Lipinski definition) is 4. The molecule has 100 valence electrons. The zero-order valence-corrected chi connectivity index (χ0v) is 11.3. The van der Waals surface area contributed by atoms with Gasteiger partial charge < -0.3 is 10.4 Å². The van der Waals surface area contributed by atoms with E-state index in [0.29, 0.717) is 5.82 Å². The second-order valence-corrected chi connectivity index (χ2v) is 5.26. The lowest BCUT2D eigenvalue weighted by molar-refractivity contribution is -0.137. The summed E-state index contributed by atoms with van der Waals surface area (Å²) >= 11 is 0. The van der Waals surface area contributed by atoms with Gasteiger partial charge >= 0.3 is 5.97 Å². The molecular formula is C14H17N3O2. The van der Waals surface area contributed by atoms with Crippen molar-refractivity contribution in [2.45, 2.75) is 32.7 Å². The number of hydrogen-bond donors (Lipinski definition) is 2. The second-order valence-electron chi connectivity index (χ2n) is 5.26. The fourth-order valence-corrected chi connectivity index (χ4v) is 2.07. The van der Waals surface area contributed by atoms with Crippen LogP contribution in [0.4, 0.5) is 5.82 Å². The van der Waals surface area contributed by atoms with Crippen molar-refractivity contribution in [1.82, 2.24) is 10.2 Å². The number of rotatable bonds is 4. The summed E-state index contributed by atoms with van der Waals surface area (Å²) in [5.41, 5.74) is 0.274. The second kappa shape index (κ2) is 4.84. The van der Waals surface area contributed by atoms with Crippen LogP contribution in [0.3, 0.4) is 0 Å². The highest BCUT2D eigenvalue weighted by Gasteiger charge is 2.23. The van der Waals surface area contributed by atoms with Crippen molar-refractivity contribution in [1.29, 1.82) is 0 Å². The van der Waals surface area contributed by atoms with Crippen LogP contribution >= 0.6 is 0 Å². The first-order chi connectivity index (χ1) is 8.89. The van der Waals surface area contributed by atoms with Gasteiger partial charge in [-0.15, -0.1) is 5.10 Å². The lowest BCUT2D eigenvalue weighted by atomic mass is 10.0. The molecule has 2 rings (SSSR count). The zero-order valence-electron chi connectivity index (χ0n) is 11.3. The number of carboxylic acids is 1. The van der Waals surface area contributed by atoms with Crippen LogP contribution in [0, 0.1) is 6.92 Å². The van der Waals surface area contributed by atoms with Gasteiger partial charge in [-0.3, -0.25) is 4.79 Å². The summed E-state index contributed by atoms with van der Waals surface area (Å²) in [5.74, 6) is -0.227. The van der Waals surface area contributed by atoms with Gasteiger partial charge in [-0.2, -0.15) is 5.10 Å². The van der Waals surface area contributed by atoms with E-state index in [9.17, 15) is 4.79 Å². The van der Waals surface area contributed by atoms with Crippen molar-refractivity contribution in [2.24, 2.45) is 0 Å². The Morgan fingerprint density at radius 1 is 1.26 bits per heavy atom. The molecule has 0 bridgehead atoms. The third kappa shape index (κ3) is 2.99. The first-order valence-corrected chi connectivity index (χ1v) is 6.11. The van der Waals surface area contributed by atoms with Crippen molar-refractivity contribution >= 4 is 22.6 Å². The van der Waals surface area contributed by atoms with Gasteiger partial charge in [-0.05, 0) is 20.8 Å². The molecule has 5 nitrogen and oxygen atoms in total. The largest absolute Gasteiger partial charge is 0.481 e. The number of fused-ring (bicyclic) bond motifs is 1. The zero-order chi connectivity index (χ0) is 14.0. The molecule has 0 spiro atoms. The van der Waals surface area contributed by atoms with Crippen molar-refractivity contribution in [2.75, 3.05) is 5.32 Å². The summed E-state index contributed by atoms with van der Waals surface area (Å²) in [6, 6.07) is 7.81. The van der Waals surface area contributed by atoms with Gasteiger partial charge in [0.05, 0.1) is 12.1 Å². The Kier molecular flexibility index (Phi) is 3.38. The van der Waals surface area contributed by atoms with E-state index in [2.05, 4.69) is 15.5 Å². The van der Waals surface area contributed by atoms with Crippen LogP contribution < -0.4 is 5.32 Å². The molecule has 1 heterocycles. The molecular weight excluding hydrogens is 242 g/mol. The third-order valence-corrected chi connectivity index (χ3v) is 2.92. The Hall–Kier alpha value is -2.17. The van der Waals surface area contributed by atoms with E-state index in [1.54, 1.807) is 0 Å². The number of aromatic nitrogens is 2. The Labute approximate surface area is 111 Å². The van der Waals surface area contributed by atoms with Crippen LogP contribution in [0.15, 0.2) is 24.3 Å². The van der Waals surface area contributed by atoms with Gasteiger partial charge in [0.25, 0.3) is 0 Å². The quantitative estimate of drug-likeness (QED) is 0.882. The van der Waals surface area contributed by atoms with Gasteiger partial charge in [0.1, 0.15) is 0 Å². The summed E-state index contributed by atoms with van der Waals surface area (Å²) < 4.78 is 0. The van der Waals surface area contributed by atoms with Crippen molar-refractivity contribution in [3.63, 3.8) is 0 Å². The van der Waals surface area contributed by atoms with E-state index in [-0.39, 0.29) is 6.42 Å². The van der Waals surface area contributed by atoms with E-state index in [1.807, 2.05) is 45.0 Å². The minimum absolute atomic E-state index is 0.0108. The molecule has 0 saturated carbocycles. The van der Waals surface area contributed by atoms with Crippen LogP contribution in [0.5, 0.6) is 0 Å². The Balaban J connectivity index is 2.41. The summed E-state index contributed by atoms with van der Waals surface area (Å²) in [6.07, 6.45) is 0.0108. The maximum Gasteiger partial charge on any atom is 0.305 e. The molecule has 0 aliphatic carbocycles. The van der Waals surface area contributed by atoms with E-state index in [0.717, 1.165) is 16.5 Å². The number of nitrogens with one attached hydrogen (secondary N) is 1. The van der Waals surface area contributed by atoms with Gasteiger partial charge in [-0.25, -0.2) is 0 Å². The minimum atomic E-state index is -0.845. The number of carboxylic acid groups (broad SMARTS) is 1. The Morgan fingerprint density at radius 2 is 1.89 bits per heavy atom. The number of benzene rings is 1. The fraction of sp³-hybridized carbons (Fsp3) is 0.357. The highest BCUT2D eigenvalue weighted by atomic mass is 16.4. The van der Waals surface area contributed by atoms with Gasteiger partial charge in [0.2, 0.25) is 0 Å². The monoisotopic (exact) mass is 259 g/mol. The normalized spacial score (nSPS) is 11.5. The summed E-state index contributed by atoms with van der Waals surface area (Å²) in [7, 11) is 0. The molecule has 0 radical (unpaired) electrons. The first-order valence-electron chi connectivity index (χ1n) is 6.11. The first kappa shape index (κ1) is 13.3. The van der Waals surface area contributed by atoms with Crippen LogP contribution in [-0.2, 0) is 4.79 Å². The number of carbonyl (C=O) groups is 1. The maximum atomic E-state index is 10.8. The van der Waals surface area contributed by atoms with Crippen LogP contribution in [-0.4, -0.2) is 26.8 Å². The number of anilines is 1. The molecule has 0 atom stereocenters. The maximum absolute atomic E-state index is 10.8. The highest BCUT2D eigenvalue weighted by Crippen LogP contribution is 2.25. The standard InChI is InChI=1S/C14H17N3O2/c1-9-10-6-4-5-7-11(10)13(17-16-9)15-14(2,3)8-12(18)19/h4-7H,8H2,1-3H3,(H,15,17)(H,18,19). The number of aliphatic carboxylic acids is 1. The Bertz CT molecular complexity index is 623. The highest BCUT2D eigenvalue weighted by molar-refractivity contribution is 5.93. The van der Waals surface area contributed by atoms with E-state index >= 15 is 0 Å². The molecule has 1 aromatic carbocycles. The Morgan fingerprint density at radius 3 is 2.53 bits per heavy atom. The number of nitrogens with zero attached hydrogens (tertiary/aromatic N) is 2. The summed E-state index contributed by atoms with van der Waals surface area (Å²) in [6.45, 7) is 5.57. The van der Waals surface area contributed by atoms with Crippen molar-refractivity contribution < 1.29 is 9.90 Å². The van der Waals surface area contributed by atoms with Crippen LogP contribution in [0.1, 0.15) is 26.0 Å². The topological polar surface area (TPSA) is 75.1 Å². The molecule has 2 N–H and O–H groups in total. The fourth-order valence-electron chi connectivity index (χ4n) is 2.07. The van der Waals surface area contributed by atoms with Gasteiger partial charge in [0, 0.05) is 16.3 Å². The molecule has 2 aromatic rings. The van der Waals surface area contributed by atoms with Crippen LogP contribution in [0.2, 0.25) is 0 Å². The molecule has 5 heteroatoms. The van der Waals surface area contributed by atoms with E-state index < -0.39 is 11.5 Å². The lowest BCUT2D eigenvalue weighted by Gasteiger charge is -2.25. The van der Waals surface area contributed by atoms with E-state index in [1.165, 1.54) is 0 Å². The molecule has 0 aliphatic heterocycles. The van der Waals surface area contributed by atoms with Crippen LogP contribution in [0.25, 0.3) is 10.8 Å². The van der Waals surface area contributed by atoms with Crippen molar-refractivity contribution in [3.05, 3.63) is 30.0 Å².